The molecule has 0 aliphatic carbocycles. The van der Waals surface area contributed by atoms with E-state index in [9.17, 15) is 0 Å². The van der Waals surface area contributed by atoms with Gasteiger partial charge in [0.1, 0.15) is 5.82 Å². The molecule has 0 bridgehead atoms. The van der Waals surface area contributed by atoms with Crippen LogP contribution in [0.15, 0.2) is 0 Å². The summed E-state index contributed by atoms with van der Waals surface area (Å²) in [5.41, 5.74) is 3.89. The van der Waals surface area contributed by atoms with Crippen LogP contribution in [0, 0.1) is 11.8 Å². The third-order valence-electron chi connectivity index (χ3n) is 3.59. The smallest absolute Gasteiger partial charge is 0.129 e. The standard InChI is InChI=1S/C18H33N3/c1-7-16-15(9-10-19-12-14(5)6)17(8-2)21-18(20-16)11-13(3)4/h13-14,19H,7-12H2,1-6H3. The van der Waals surface area contributed by atoms with Gasteiger partial charge in [0.05, 0.1) is 0 Å². The first kappa shape index (κ1) is 18.1. The molecule has 0 aliphatic rings. The largest absolute Gasteiger partial charge is 0.316 e. The quantitative estimate of drug-likeness (QED) is 0.707. The molecule has 3 heteroatoms. The molecule has 0 amide bonds. The van der Waals surface area contributed by atoms with E-state index in [0.29, 0.717) is 11.8 Å². The summed E-state index contributed by atoms with van der Waals surface area (Å²) in [7, 11) is 0. The van der Waals surface area contributed by atoms with Crippen LogP contribution in [0.25, 0.3) is 0 Å². The Morgan fingerprint density at radius 3 is 1.90 bits per heavy atom. The van der Waals surface area contributed by atoms with Gasteiger partial charge in [-0.3, -0.25) is 0 Å². The van der Waals surface area contributed by atoms with E-state index in [1.54, 1.807) is 0 Å². The van der Waals surface area contributed by atoms with Gasteiger partial charge in [-0.1, -0.05) is 41.5 Å². The molecule has 1 aromatic heterocycles. The molecule has 0 unspecified atom stereocenters. The van der Waals surface area contributed by atoms with E-state index in [4.69, 9.17) is 9.97 Å². The molecule has 0 fully saturated rings. The third kappa shape index (κ3) is 6.13. The van der Waals surface area contributed by atoms with Gasteiger partial charge in [-0.2, -0.15) is 0 Å². The Balaban J connectivity index is 2.85. The fourth-order valence-electron chi connectivity index (χ4n) is 2.57. The lowest BCUT2D eigenvalue weighted by Gasteiger charge is -2.15. The van der Waals surface area contributed by atoms with E-state index in [-0.39, 0.29) is 0 Å². The van der Waals surface area contributed by atoms with Gasteiger partial charge >= 0.3 is 0 Å². The molecular weight excluding hydrogens is 258 g/mol. The second-order valence-corrected chi connectivity index (χ2v) is 6.66. The van der Waals surface area contributed by atoms with Gasteiger partial charge in [-0.05, 0) is 49.8 Å². The summed E-state index contributed by atoms with van der Waals surface area (Å²) in [6.07, 6.45) is 4.02. The molecule has 0 spiro atoms. The van der Waals surface area contributed by atoms with Crippen LogP contribution in [0.2, 0.25) is 0 Å². The summed E-state index contributed by atoms with van der Waals surface area (Å²) in [5.74, 6) is 2.33. The van der Waals surface area contributed by atoms with E-state index >= 15 is 0 Å². The summed E-state index contributed by atoms with van der Waals surface area (Å²) in [6, 6.07) is 0. The predicted molar refractivity (Wildman–Crippen MR) is 90.7 cm³/mol. The van der Waals surface area contributed by atoms with Crippen molar-refractivity contribution in [3.05, 3.63) is 22.8 Å². The van der Waals surface area contributed by atoms with Crippen molar-refractivity contribution in [2.75, 3.05) is 13.1 Å². The highest BCUT2D eigenvalue weighted by Crippen LogP contribution is 2.16. The minimum absolute atomic E-state index is 0.609. The number of nitrogens with one attached hydrogen (secondary N) is 1. The second-order valence-electron chi connectivity index (χ2n) is 6.66. The highest BCUT2D eigenvalue weighted by Gasteiger charge is 2.13. The second kappa shape index (κ2) is 9.14. The van der Waals surface area contributed by atoms with Crippen molar-refractivity contribution >= 4 is 0 Å². The Labute approximate surface area is 131 Å². The Kier molecular flexibility index (Phi) is 7.87. The molecule has 21 heavy (non-hydrogen) atoms. The Morgan fingerprint density at radius 2 is 1.48 bits per heavy atom. The van der Waals surface area contributed by atoms with E-state index < -0.39 is 0 Å². The van der Waals surface area contributed by atoms with Crippen LogP contribution in [0.1, 0.15) is 64.3 Å². The van der Waals surface area contributed by atoms with Crippen molar-refractivity contribution in [1.29, 1.82) is 0 Å². The first-order chi connectivity index (χ1) is 9.97. The minimum atomic E-state index is 0.609. The number of hydrogen-bond acceptors (Lipinski definition) is 3. The van der Waals surface area contributed by atoms with Crippen molar-refractivity contribution < 1.29 is 0 Å². The molecule has 0 atom stereocenters. The van der Waals surface area contributed by atoms with E-state index in [1.807, 2.05) is 0 Å². The Bertz CT molecular complexity index is 399. The molecular formula is C18H33N3. The van der Waals surface area contributed by atoms with Gasteiger partial charge in [0.2, 0.25) is 0 Å². The molecule has 0 radical (unpaired) electrons. The highest BCUT2D eigenvalue weighted by molar-refractivity contribution is 5.27. The van der Waals surface area contributed by atoms with Crippen LogP contribution in [-0.4, -0.2) is 23.1 Å². The van der Waals surface area contributed by atoms with Gasteiger partial charge in [-0.15, -0.1) is 0 Å². The van der Waals surface area contributed by atoms with Crippen LogP contribution in [-0.2, 0) is 25.7 Å². The normalized spacial score (nSPS) is 11.6. The zero-order chi connectivity index (χ0) is 15.8. The number of hydrogen-bond donors (Lipinski definition) is 1. The lowest BCUT2D eigenvalue weighted by Crippen LogP contribution is -2.23. The average Bonchev–Trinajstić information content (AvgIpc) is 2.42. The number of aromatic nitrogens is 2. The summed E-state index contributed by atoms with van der Waals surface area (Å²) < 4.78 is 0. The molecule has 1 N–H and O–H groups in total. The van der Waals surface area contributed by atoms with Crippen LogP contribution < -0.4 is 5.32 Å². The Hall–Kier alpha value is -0.960. The highest BCUT2D eigenvalue weighted by atomic mass is 14.9. The van der Waals surface area contributed by atoms with Crippen molar-refractivity contribution in [2.45, 2.75) is 67.2 Å². The van der Waals surface area contributed by atoms with Crippen LogP contribution in [0.4, 0.5) is 0 Å². The van der Waals surface area contributed by atoms with E-state index in [1.165, 1.54) is 17.0 Å². The maximum atomic E-state index is 4.81. The zero-order valence-electron chi connectivity index (χ0n) is 14.8. The molecule has 3 nitrogen and oxygen atoms in total. The maximum Gasteiger partial charge on any atom is 0.129 e. The molecule has 1 aromatic rings. The molecule has 0 aliphatic heterocycles. The summed E-state index contributed by atoms with van der Waals surface area (Å²) in [6.45, 7) is 15.4. The fraction of sp³-hybridized carbons (Fsp3) is 0.778. The number of aryl methyl sites for hydroxylation is 2. The van der Waals surface area contributed by atoms with Crippen LogP contribution >= 0.6 is 0 Å². The van der Waals surface area contributed by atoms with E-state index in [0.717, 1.165) is 44.6 Å². The lowest BCUT2D eigenvalue weighted by atomic mass is 10.0. The average molecular weight is 291 g/mol. The lowest BCUT2D eigenvalue weighted by molar-refractivity contribution is 0.551. The van der Waals surface area contributed by atoms with Gasteiger partial charge in [0.25, 0.3) is 0 Å². The maximum absolute atomic E-state index is 4.81. The molecule has 0 saturated carbocycles. The fourth-order valence-corrected chi connectivity index (χ4v) is 2.57. The minimum Gasteiger partial charge on any atom is -0.316 e. The zero-order valence-corrected chi connectivity index (χ0v) is 14.8. The van der Waals surface area contributed by atoms with Crippen molar-refractivity contribution in [2.24, 2.45) is 11.8 Å². The molecule has 1 rings (SSSR count). The summed E-state index contributed by atoms with van der Waals surface area (Å²) >= 11 is 0. The van der Waals surface area contributed by atoms with Gasteiger partial charge in [0, 0.05) is 17.8 Å². The predicted octanol–water partition coefficient (Wildman–Crippen LogP) is 3.59. The number of rotatable bonds is 9. The SMILES string of the molecule is CCc1nc(CC(C)C)nc(CC)c1CCNCC(C)C. The van der Waals surface area contributed by atoms with Crippen molar-refractivity contribution in [1.82, 2.24) is 15.3 Å². The topological polar surface area (TPSA) is 37.8 Å². The molecule has 0 aromatic carbocycles. The van der Waals surface area contributed by atoms with Crippen LogP contribution in [0.3, 0.4) is 0 Å². The van der Waals surface area contributed by atoms with Gasteiger partial charge < -0.3 is 5.32 Å². The monoisotopic (exact) mass is 291 g/mol. The van der Waals surface area contributed by atoms with Crippen molar-refractivity contribution in [3.63, 3.8) is 0 Å². The van der Waals surface area contributed by atoms with Gasteiger partial charge in [0.15, 0.2) is 0 Å². The van der Waals surface area contributed by atoms with Gasteiger partial charge in [-0.25, -0.2) is 9.97 Å². The van der Waals surface area contributed by atoms with E-state index in [2.05, 4.69) is 46.9 Å². The molecule has 1 heterocycles. The first-order valence-corrected chi connectivity index (χ1v) is 8.56. The molecule has 0 saturated heterocycles. The molecule has 120 valence electrons. The third-order valence-corrected chi connectivity index (χ3v) is 3.59. The van der Waals surface area contributed by atoms with Crippen molar-refractivity contribution in [3.8, 4) is 0 Å². The summed E-state index contributed by atoms with van der Waals surface area (Å²) in [5, 5.41) is 3.53. The van der Waals surface area contributed by atoms with Crippen LogP contribution in [0.5, 0.6) is 0 Å². The first-order valence-electron chi connectivity index (χ1n) is 8.56. The summed E-state index contributed by atoms with van der Waals surface area (Å²) in [4.78, 5) is 9.63. The number of nitrogens with zero attached hydrogens (tertiary/aromatic N) is 2. The Morgan fingerprint density at radius 1 is 0.905 bits per heavy atom.